The minimum absolute atomic E-state index is 0.0887. The summed E-state index contributed by atoms with van der Waals surface area (Å²) in [6.45, 7) is 2.93. The standard InChI is InChI=1S/C16H18N6O2/c1-2-12-7-5-6-10-20(12)16-13(11-17)18-21(19-16)14-8-3-4-9-15(14)22(23)24/h3-4,8-9,12H,2,5-7,10H2,1H3/t12-/m1/s1. The Bertz CT molecular complexity index is 794. The van der Waals surface area contributed by atoms with Crippen LogP contribution in [0.5, 0.6) is 0 Å². The van der Waals surface area contributed by atoms with Crippen molar-refractivity contribution in [3.8, 4) is 11.8 Å². The van der Waals surface area contributed by atoms with E-state index in [-0.39, 0.29) is 17.1 Å². The summed E-state index contributed by atoms with van der Waals surface area (Å²) in [6.07, 6.45) is 4.22. The Morgan fingerprint density at radius 3 is 2.88 bits per heavy atom. The Morgan fingerprint density at radius 2 is 2.17 bits per heavy atom. The molecule has 0 N–H and O–H groups in total. The highest BCUT2D eigenvalue weighted by Gasteiger charge is 2.28. The topological polar surface area (TPSA) is 101 Å². The highest BCUT2D eigenvalue weighted by atomic mass is 16.6. The molecule has 0 aliphatic carbocycles. The second-order valence-electron chi connectivity index (χ2n) is 5.77. The molecule has 1 saturated heterocycles. The van der Waals surface area contributed by atoms with Crippen molar-refractivity contribution < 1.29 is 4.92 Å². The molecule has 0 saturated carbocycles. The molecule has 2 heterocycles. The van der Waals surface area contributed by atoms with Gasteiger partial charge in [-0.3, -0.25) is 10.1 Å². The van der Waals surface area contributed by atoms with Crippen LogP contribution in [-0.4, -0.2) is 32.5 Å². The number of aromatic nitrogens is 3. The van der Waals surface area contributed by atoms with Crippen LogP contribution in [0.4, 0.5) is 11.5 Å². The van der Waals surface area contributed by atoms with Gasteiger partial charge < -0.3 is 4.90 Å². The lowest BCUT2D eigenvalue weighted by Gasteiger charge is -2.35. The summed E-state index contributed by atoms with van der Waals surface area (Å²) in [4.78, 5) is 14.1. The minimum Gasteiger partial charge on any atom is -0.350 e. The molecule has 3 rings (SSSR count). The second kappa shape index (κ2) is 6.66. The lowest BCUT2D eigenvalue weighted by atomic mass is 10.00. The van der Waals surface area contributed by atoms with Gasteiger partial charge in [-0.25, -0.2) is 0 Å². The molecule has 1 aliphatic rings. The van der Waals surface area contributed by atoms with E-state index in [1.807, 2.05) is 0 Å². The summed E-state index contributed by atoms with van der Waals surface area (Å²) >= 11 is 0. The zero-order valence-electron chi connectivity index (χ0n) is 13.4. The quantitative estimate of drug-likeness (QED) is 0.632. The second-order valence-corrected chi connectivity index (χ2v) is 5.77. The van der Waals surface area contributed by atoms with E-state index in [2.05, 4.69) is 28.1 Å². The Balaban J connectivity index is 2.06. The predicted molar refractivity (Wildman–Crippen MR) is 88.0 cm³/mol. The van der Waals surface area contributed by atoms with Gasteiger partial charge in [-0.1, -0.05) is 19.1 Å². The SMILES string of the molecule is CC[C@@H]1CCCCN1c1nn(-c2ccccc2[N+](=O)[O-])nc1C#N. The average Bonchev–Trinajstić information content (AvgIpc) is 3.05. The van der Waals surface area contributed by atoms with E-state index in [9.17, 15) is 15.4 Å². The molecule has 8 heteroatoms. The first-order valence-electron chi connectivity index (χ1n) is 8.03. The molecule has 0 unspecified atom stereocenters. The van der Waals surface area contributed by atoms with E-state index in [1.165, 1.54) is 10.9 Å². The van der Waals surface area contributed by atoms with E-state index in [0.29, 0.717) is 11.9 Å². The first-order chi connectivity index (χ1) is 11.7. The van der Waals surface area contributed by atoms with Crippen LogP contribution in [0.3, 0.4) is 0 Å². The molecule has 24 heavy (non-hydrogen) atoms. The van der Waals surface area contributed by atoms with Crippen LogP contribution < -0.4 is 4.90 Å². The average molecular weight is 326 g/mol. The van der Waals surface area contributed by atoms with Crippen molar-refractivity contribution in [3.05, 3.63) is 40.1 Å². The molecule has 2 aromatic rings. The Labute approximate surface area is 139 Å². The first kappa shape index (κ1) is 15.9. The molecule has 1 aliphatic heterocycles. The molecular weight excluding hydrogens is 308 g/mol. The summed E-state index contributed by atoms with van der Waals surface area (Å²) in [7, 11) is 0. The van der Waals surface area contributed by atoms with Gasteiger partial charge in [-0.15, -0.1) is 15.0 Å². The third-order valence-electron chi connectivity index (χ3n) is 4.37. The Hall–Kier alpha value is -2.95. The van der Waals surface area contributed by atoms with Gasteiger partial charge in [0.25, 0.3) is 5.69 Å². The van der Waals surface area contributed by atoms with Crippen molar-refractivity contribution in [1.29, 1.82) is 5.26 Å². The van der Waals surface area contributed by atoms with Crippen molar-refractivity contribution in [2.24, 2.45) is 0 Å². The third-order valence-corrected chi connectivity index (χ3v) is 4.37. The maximum atomic E-state index is 11.2. The van der Waals surface area contributed by atoms with Crippen LogP contribution in [0, 0.1) is 21.4 Å². The van der Waals surface area contributed by atoms with Gasteiger partial charge in [-0.05, 0) is 31.7 Å². The number of nitro groups is 1. The highest BCUT2D eigenvalue weighted by molar-refractivity contribution is 5.55. The monoisotopic (exact) mass is 326 g/mol. The number of nitrogens with zero attached hydrogens (tertiary/aromatic N) is 6. The van der Waals surface area contributed by atoms with Gasteiger partial charge in [0, 0.05) is 18.7 Å². The van der Waals surface area contributed by atoms with Crippen LogP contribution in [0.2, 0.25) is 0 Å². The molecule has 0 amide bonds. The Kier molecular flexibility index (Phi) is 4.42. The number of para-hydroxylation sites is 2. The van der Waals surface area contributed by atoms with Crippen LogP contribution in [0.15, 0.2) is 24.3 Å². The zero-order chi connectivity index (χ0) is 17.1. The third kappa shape index (κ3) is 2.80. The fourth-order valence-electron chi connectivity index (χ4n) is 3.16. The van der Waals surface area contributed by atoms with E-state index < -0.39 is 4.92 Å². The highest BCUT2D eigenvalue weighted by Crippen LogP contribution is 2.29. The zero-order valence-corrected chi connectivity index (χ0v) is 13.4. The smallest absolute Gasteiger partial charge is 0.296 e. The number of benzene rings is 1. The molecule has 124 valence electrons. The maximum Gasteiger partial charge on any atom is 0.296 e. The number of nitriles is 1. The minimum atomic E-state index is -0.472. The molecule has 1 atom stereocenters. The van der Waals surface area contributed by atoms with E-state index in [0.717, 1.165) is 32.2 Å². The van der Waals surface area contributed by atoms with Crippen molar-refractivity contribution in [3.63, 3.8) is 0 Å². The van der Waals surface area contributed by atoms with Crippen molar-refractivity contribution in [2.45, 2.75) is 38.6 Å². The first-order valence-corrected chi connectivity index (χ1v) is 8.03. The van der Waals surface area contributed by atoms with Crippen LogP contribution in [0.25, 0.3) is 5.69 Å². The molecule has 1 aromatic carbocycles. The maximum absolute atomic E-state index is 11.2. The van der Waals surface area contributed by atoms with Gasteiger partial charge in [-0.2, -0.15) is 5.26 Å². The number of hydrogen-bond acceptors (Lipinski definition) is 6. The summed E-state index contributed by atoms with van der Waals surface area (Å²) in [5.41, 5.74) is 0.373. The van der Waals surface area contributed by atoms with Crippen molar-refractivity contribution in [2.75, 3.05) is 11.4 Å². The fraction of sp³-hybridized carbons (Fsp3) is 0.438. The largest absolute Gasteiger partial charge is 0.350 e. The molecule has 0 spiro atoms. The van der Waals surface area contributed by atoms with E-state index in [4.69, 9.17) is 0 Å². The lowest BCUT2D eigenvalue weighted by molar-refractivity contribution is -0.384. The van der Waals surface area contributed by atoms with E-state index in [1.54, 1.807) is 18.2 Å². The number of rotatable bonds is 4. The van der Waals surface area contributed by atoms with Gasteiger partial charge in [0.1, 0.15) is 6.07 Å². The molecule has 1 aromatic heterocycles. The molecule has 1 fully saturated rings. The van der Waals surface area contributed by atoms with E-state index >= 15 is 0 Å². The van der Waals surface area contributed by atoms with Gasteiger partial charge in [0.2, 0.25) is 5.69 Å². The molecule has 0 bridgehead atoms. The summed E-state index contributed by atoms with van der Waals surface area (Å²) in [5.74, 6) is 0.516. The fourth-order valence-corrected chi connectivity index (χ4v) is 3.16. The number of hydrogen-bond donors (Lipinski definition) is 0. The number of anilines is 1. The number of piperidine rings is 1. The summed E-state index contributed by atoms with van der Waals surface area (Å²) in [5, 5.41) is 29.2. The van der Waals surface area contributed by atoms with Crippen LogP contribution in [-0.2, 0) is 0 Å². The number of nitro benzene ring substituents is 1. The molecule has 8 nitrogen and oxygen atoms in total. The van der Waals surface area contributed by atoms with Crippen LogP contribution in [0.1, 0.15) is 38.3 Å². The summed E-state index contributed by atoms with van der Waals surface area (Å²) in [6, 6.07) is 8.65. The van der Waals surface area contributed by atoms with Gasteiger partial charge >= 0.3 is 0 Å². The normalized spacial score (nSPS) is 17.5. The molecular formula is C16H18N6O2. The Morgan fingerprint density at radius 1 is 1.38 bits per heavy atom. The predicted octanol–water partition coefficient (Wildman–Crippen LogP) is 2.82. The van der Waals surface area contributed by atoms with Crippen LogP contribution >= 0.6 is 0 Å². The van der Waals surface area contributed by atoms with Gasteiger partial charge in [0.15, 0.2) is 11.5 Å². The molecule has 0 radical (unpaired) electrons. The van der Waals surface area contributed by atoms with Crippen molar-refractivity contribution >= 4 is 11.5 Å². The van der Waals surface area contributed by atoms with Crippen molar-refractivity contribution in [1.82, 2.24) is 15.0 Å². The lowest BCUT2D eigenvalue weighted by Crippen LogP contribution is -2.39. The van der Waals surface area contributed by atoms with Gasteiger partial charge in [0.05, 0.1) is 4.92 Å². The summed E-state index contributed by atoms with van der Waals surface area (Å²) < 4.78 is 0.